The monoisotopic (exact) mass is 136 g/mol. The highest BCUT2D eigenvalue weighted by Crippen LogP contribution is 2.24. The predicted molar refractivity (Wildman–Crippen MR) is 36.3 cm³/mol. The summed E-state index contributed by atoms with van der Waals surface area (Å²) in [6, 6.07) is 0. The van der Waals surface area contributed by atoms with E-state index in [1.165, 1.54) is 0 Å². The van der Waals surface area contributed by atoms with Crippen molar-refractivity contribution >= 4 is 5.97 Å². The first-order chi connectivity index (χ1) is 4.86. The number of carbonyl (C=O) groups excluding carboxylic acids is 1. The Labute approximate surface area is 59.2 Å². The minimum absolute atomic E-state index is 0.0139. The van der Waals surface area contributed by atoms with Crippen LogP contribution in [0.25, 0.3) is 0 Å². The van der Waals surface area contributed by atoms with E-state index in [4.69, 9.17) is 4.74 Å². The molecule has 1 heterocycles. The van der Waals surface area contributed by atoms with Crippen LogP contribution in [0.1, 0.15) is 6.42 Å². The normalized spacial score (nSPS) is 35.8. The van der Waals surface area contributed by atoms with Gasteiger partial charge in [-0.15, -0.1) is 0 Å². The Morgan fingerprint density at radius 3 is 3.10 bits per heavy atom. The summed E-state index contributed by atoms with van der Waals surface area (Å²) in [5.41, 5.74) is 0. The second-order valence-electron chi connectivity index (χ2n) is 2.59. The van der Waals surface area contributed by atoms with Crippen molar-refractivity contribution < 1.29 is 9.53 Å². The zero-order valence-electron chi connectivity index (χ0n) is 5.49. The van der Waals surface area contributed by atoms with Crippen LogP contribution in [0.2, 0.25) is 0 Å². The summed E-state index contributed by atoms with van der Waals surface area (Å²) >= 11 is 0. The van der Waals surface area contributed by atoms with Crippen LogP contribution in [0, 0.1) is 5.92 Å². The highest BCUT2D eigenvalue weighted by Gasteiger charge is 2.31. The predicted octanol–water partition coefficient (Wildman–Crippen LogP) is 1.04. The molecule has 2 heteroatoms. The Hall–Kier alpha value is -1.05. The second kappa shape index (κ2) is 1.97. The van der Waals surface area contributed by atoms with Gasteiger partial charge in [-0.25, -0.2) is 0 Å². The molecule has 0 unspecified atom stereocenters. The summed E-state index contributed by atoms with van der Waals surface area (Å²) in [5.74, 6) is -0.0643. The fraction of sp³-hybridized carbons (Fsp3) is 0.375. The van der Waals surface area contributed by atoms with Crippen molar-refractivity contribution in [1.82, 2.24) is 0 Å². The van der Waals surface area contributed by atoms with Crippen molar-refractivity contribution in [2.45, 2.75) is 12.5 Å². The van der Waals surface area contributed by atoms with Crippen molar-refractivity contribution in [2.24, 2.45) is 5.92 Å². The Kier molecular flexibility index (Phi) is 1.13. The maximum Gasteiger partial charge on any atom is 0.313 e. The van der Waals surface area contributed by atoms with Crippen molar-refractivity contribution in [2.75, 3.05) is 0 Å². The van der Waals surface area contributed by atoms with Crippen molar-refractivity contribution in [3.63, 3.8) is 0 Å². The highest BCUT2D eigenvalue weighted by atomic mass is 16.5. The van der Waals surface area contributed by atoms with Gasteiger partial charge < -0.3 is 4.74 Å². The summed E-state index contributed by atoms with van der Waals surface area (Å²) in [6.07, 6.45) is 8.51. The molecule has 2 bridgehead atoms. The lowest BCUT2D eigenvalue weighted by Gasteiger charge is -1.99. The first-order valence-electron chi connectivity index (χ1n) is 3.42. The van der Waals surface area contributed by atoms with Gasteiger partial charge in [-0.05, 0) is 6.08 Å². The molecule has 0 amide bonds. The summed E-state index contributed by atoms with van der Waals surface area (Å²) in [5, 5.41) is 0. The number of rotatable bonds is 0. The van der Waals surface area contributed by atoms with Gasteiger partial charge in [0.1, 0.15) is 6.10 Å². The lowest BCUT2D eigenvalue weighted by molar-refractivity contribution is -0.142. The average Bonchev–Trinajstić information content (AvgIpc) is 2.18. The minimum Gasteiger partial charge on any atom is -0.458 e. The number of fused-ring (bicyclic) bond motifs is 2. The fourth-order valence-corrected chi connectivity index (χ4v) is 1.29. The number of hydrogen-bond acceptors (Lipinski definition) is 2. The van der Waals surface area contributed by atoms with Crippen LogP contribution < -0.4 is 0 Å². The van der Waals surface area contributed by atoms with E-state index in [0.29, 0.717) is 0 Å². The Morgan fingerprint density at radius 1 is 1.40 bits per heavy atom. The minimum atomic E-state index is -0.0781. The molecule has 1 fully saturated rings. The van der Waals surface area contributed by atoms with Crippen molar-refractivity contribution in [3.8, 4) is 0 Å². The van der Waals surface area contributed by atoms with E-state index in [-0.39, 0.29) is 18.0 Å². The van der Waals surface area contributed by atoms with Gasteiger partial charge in [0, 0.05) is 6.42 Å². The molecule has 2 nitrogen and oxygen atoms in total. The van der Waals surface area contributed by atoms with Gasteiger partial charge in [0.05, 0.1) is 5.92 Å². The molecule has 1 saturated heterocycles. The molecule has 0 N–H and O–H groups in total. The third-order valence-corrected chi connectivity index (χ3v) is 1.84. The van der Waals surface area contributed by atoms with Crippen LogP contribution >= 0.6 is 0 Å². The third kappa shape index (κ3) is 0.764. The molecule has 0 radical (unpaired) electrons. The summed E-state index contributed by atoms with van der Waals surface area (Å²) in [4.78, 5) is 10.9. The maximum absolute atomic E-state index is 10.9. The number of hydrogen-bond donors (Lipinski definition) is 0. The lowest BCUT2D eigenvalue weighted by atomic mass is 10.1. The van der Waals surface area contributed by atoms with Gasteiger partial charge in [-0.3, -0.25) is 4.79 Å². The van der Waals surface area contributed by atoms with Gasteiger partial charge in [-0.1, -0.05) is 18.2 Å². The van der Waals surface area contributed by atoms with E-state index >= 15 is 0 Å². The van der Waals surface area contributed by atoms with Gasteiger partial charge in [0.2, 0.25) is 0 Å². The van der Waals surface area contributed by atoms with E-state index in [0.717, 1.165) is 6.42 Å². The SMILES string of the molecule is O=C1O[C@H]2C=CC=C[C@H]1C2. The summed E-state index contributed by atoms with van der Waals surface area (Å²) < 4.78 is 4.99. The van der Waals surface area contributed by atoms with Crippen molar-refractivity contribution in [1.29, 1.82) is 0 Å². The molecule has 2 rings (SSSR count). The Balaban J connectivity index is 2.29. The molecule has 0 aromatic carbocycles. The molecular formula is C8H8O2. The van der Waals surface area contributed by atoms with E-state index in [1.54, 1.807) is 0 Å². The van der Waals surface area contributed by atoms with Gasteiger partial charge in [0.25, 0.3) is 0 Å². The number of ether oxygens (including phenoxy) is 1. The number of carbonyl (C=O) groups is 1. The summed E-state index contributed by atoms with van der Waals surface area (Å²) in [7, 11) is 0. The topological polar surface area (TPSA) is 26.3 Å². The molecular weight excluding hydrogens is 128 g/mol. The second-order valence-corrected chi connectivity index (χ2v) is 2.59. The molecule has 0 saturated carbocycles. The zero-order valence-corrected chi connectivity index (χ0v) is 5.49. The number of allylic oxidation sites excluding steroid dienone is 2. The van der Waals surface area contributed by atoms with Crippen LogP contribution in [0.4, 0.5) is 0 Å². The zero-order chi connectivity index (χ0) is 6.97. The number of esters is 1. The molecule has 10 heavy (non-hydrogen) atoms. The van der Waals surface area contributed by atoms with E-state index in [1.807, 2.05) is 24.3 Å². The Morgan fingerprint density at radius 2 is 2.20 bits per heavy atom. The maximum atomic E-state index is 10.9. The van der Waals surface area contributed by atoms with Gasteiger partial charge in [0.15, 0.2) is 0 Å². The van der Waals surface area contributed by atoms with Crippen LogP contribution in [-0.4, -0.2) is 12.1 Å². The lowest BCUT2D eigenvalue weighted by Crippen LogP contribution is -2.05. The third-order valence-electron chi connectivity index (χ3n) is 1.84. The molecule has 2 atom stereocenters. The highest BCUT2D eigenvalue weighted by molar-refractivity contribution is 5.77. The smallest absolute Gasteiger partial charge is 0.313 e. The average molecular weight is 136 g/mol. The van der Waals surface area contributed by atoms with Gasteiger partial charge >= 0.3 is 5.97 Å². The molecule has 52 valence electrons. The van der Waals surface area contributed by atoms with Crippen LogP contribution in [0.3, 0.4) is 0 Å². The van der Waals surface area contributed by atoms with E-state index in [9.17, 15) is 4.79 Å². The van der Waals surface area contributed by atoms with Crippen LogP contribution in [0.5, 0.6) is 0 Å². The van der Waals surface area contributed by atoms with Crippen molar-refractivity contribution in [3.05, 3.63) is 24.3 Å². The largest absolute Gasteiger partial charge is 0.458 e. The summed E-state index contributed by atoms with van der Waals surface area (Å²) in [6.45, 7) is 0. The van der Waals surface area contributed by atoms with Crippen LogP contribution in [-0.2, 0) is 9.53 Å². The molecule has 1 aliphatic heterocycles. The fourth-order valence-electron chi connectivity index (χ4n) is 1.29. The molecule has 0 aromatic rings. The quantitative estimate of drug-likeness (QED) is 0.465. The Bertz CT molecular complexity index is 215. The standard InChI is InChI=1S/C8H8O2/c9-8-6-3-1-2-4-7(5-6)10-8/h1-4,6-7H,5H2/t6-,7-/m0/s1. The van der Waals surface area contributed by atoms with E-state index < -0.39 is 0 Å². The van der Waals surface area contributed by atoms with Gasteiger partial charge in [-0.2, -0.15) is 0 Å². The first kappa shape index (κ1) is 5.71. The molecule has 0 aromatic heterocycles. The van der Waals surface area contributed by atoms with Crippen LogP contribution in [0.15, 0.2) is 24.3 Å². The molecule has 0 spiro atoms. The molecule has 1 aliphatic carbocycles. The van der Waals surface area contributed by atoms with E-state index in [2.05, 4.69) is 0 Å². The first-order valence-corrected chi connectivity index (χ1v) is 3.42. The molecule has 2 aliphatic rings.